The summed E-state index contributed by atoms with van der Waals surface area (Å²) in [7, 11) is 1.66. The number of halogens is 5. The van der Waals surface area contributed by atoms with Gasteiger partial charge >= 0.3 is 12.8 Å². The number of nitrogens with zero attached hydrogens (tertiary/aromatic N) is 5. The number of hydrogen-bond acceptors (Lipinski definition) is 6. The van der Waals surface area contributed by atoms with Gasteiger partial charge in [-0.2, -0.15) is 22.0 Å². The zero-order valence-electron chi connectivity index (χ0n) is 18.3. The summed E-state index contributed by atoms with van der Waals surface area (Å²) in [5, 5.41) is 7.91. The number of pyridine rings is 2. The summed E-state index contributed by atoms with van der Waals surface area (Å²) in [5.41, 5.74) is 5.70. The van der Waals surface area contributed by atoms with Crippen molar-refractivity contribution in [1.82, 2.24) is 24.5 Å². The van der Waals surface area contributed by atoms with Crippen LogP contribution < -0.4 is 16.0 Å². The third-order valence-electron chi connectivity index (χ3n) is 5.60. The Morgan fingerprint density at radius 3 is 2.42 bits per heavy atom. The van der Waals surface area contributed by atoms with Crippen molar-refractivity contribution in [2.75, 3.05) is 5.73 Å². The van der Waals surface area contributed by atoms with Gasteiger partial charge in [0, 0.05) is 18.9 Å². The van der Waals surface area contributed by atoms with Gasteiger partial charge < -0.3 is 10.5 Å². The predicted molar refractivity (Wildman–Crippen MR) is 121 cm³/mol. The number of aromatic nitrogens is 5. The lowest BCUT2D eigenvalue weighted by molar-refractivity contribution is -0.137. The van der Waals surface area contributed by atoms with Gasteiger partial charge in [0.1, 0.15) is 16.8 Å². The largest absolute Gasteiger partial charge is 0.435 e. The summed E-state index contributed by atoms with van der Waals surface area (Å²) in [5.74, 6) is -0.190. The van der Waals surface area contributed by atoms with Crippen molar-refractivity contribution in [3.05, 3.63) is 70.6 Å². The average molecular weight is 502 g/mol. The van der Waals surface area contributed by atoms with E-state index in [0.717, 1.165) is 10.6 Å². The summed E-state index contributed by atoms with van der Waals surface area (Å²) in [4.78, 5) is 17.7. The number of nitrogen functional groups attached to an aromatic ring is 1. The second-order valence-electron chi connectivity index (χ2n) is 7.81. The molecule has 0 aliphatic heterocycles. The molecule has 0 spiro atoms. The smallest absolute Gasteiger partial charge is 0.417 e. The summed E-state index contributed by atoms with van der Waals surface area (Å²) in [6, 6.07) is 10.5. The number of benzene rings is 2. The number of aryl methyl sites for hydroxylation is 1. The molecule has 0 saturated carbocycles. The summed E-state index contributed by atoms with van der Waals surface area (Å²) >= 11 is 0. The lowest BCUT2D eigenvalue weighted by Gasteiger charge is -2.17. The molecule has 0 fully saturated rings. The molecule has 0 aliphatic rings. The number of rotatable bonds is 4. The second kappa shape index (κ2) is 8.29. The molecule has 0 radical (unpaired) electrons. The van der Waals surface area contributed by atoms with Crippen LogP contribution in [0.2, 0.25) is 0 Å². The van der Waals surface area contributed by atoms with Gasteiger partial charge in [0.2, 0.25) is 0 Å². The van der Waals surface area contributed by atoms with Crippen molar-refractivity contribution in [2.45, 2.75) is 12.8 Å². The number of anilines is 1. The molecular weight excluding hydrogens is 487 g/mol. The molecular formula is C23H15F5N6O2. The number of ether oxygens (including phenoxy) is 1. The fourth-order valence-electron chi connectivity index (χ4n) is 3.94. The first-order valence-electron chi connectivity index (χ1n) is 10.3. The van der Waals surface area contributed by atoms with Crippen molar-refractivity contribution < 1.29 is 26.7 Å². The molecule has 5 aromatic rings. The van der Waals surface area contributed by atoms with E-state index in [2.05, 4.69) is 20.0 Å². The van der Waals surface area contributed by atoms with Crippen LogP contribution in [0.1, 0.15) is 5.56 Å². The van der Waals surface area contributed by atoms with Gasteiger partial charge in [-0.15, -0.1) is 5.10 Å². The van der Waals surface area contributed by atoms with E-state index in [1.807, 2.05) is 0 Å². The highest BCUT2D eigenvalue weighted by molar-refractivity contribution is 5.98. The topological polar surface area (TPSA) is 101 Å². The van der Waals surface area contributed by atoms with E-state index < -0.39 is 23.9 Å². The summed E-state index contributed by atoms with van der Waals surface area (Å²) < 4.78 is 72.3. The van der Waals surface area contributed by atoms with Gasteiger partial charge in [-0.1, -0.05) is 11.3 Å². The molecule has 0 amide bonds. The molecule has 0 bridgehead atoms. The van der Waals surface area contributed by atoms with Crippen molar-refractivity contribution in [2.24, 2.45) is 7.05 Å². The van der Waals surface area contributed by atoms with E-state index in [9.17, 15) is 26.7 Å². The average Bonchev–Trinajstić information content (AvgIpc) is 3.19. The Morgan fingerprint density at radius 1 is 1.03 bits per heavy atom. The maximum Gasteiger partial charge on any atom is 0.417 e. The molecule has 5 rings (SSSR count). The molecule has 36 heavy (non-hydrogen) atoms. The van der Waals surface area contributed by atoms with Crippen LogP contribution in [-0.4, -0.2) is 31.2 Å². The zero-order chi connectivity index (χ0) is 25.8. The Labute approximate surface area is 198 Å². The second-order valence-corrected chi connectivity index (χ2v) is 7.81. The van der Waals surface area contributed by atoms with Crippen LogP contribution in [0.5, 0.6) is 5.75 Å². The van der Waals surface area contributed by atoms with E-state index in [4.69, 9.17) is 5.73 Å². The minimum absolute atomic E-state index is 0.00855. The molecule has 0 unspecified atom stereocenters. The Balaban J connectivity index is 1.83. The molecule has 0 atom stereocenters. The van der Waals surface area contributed by atoms with E-state index in [1.54, 1.807) is 25.2 Å². The lowest BCUT2D eigenvalue weighted by Crippen LogP contribution is -2.23. The van der Waals surface area contributed by atoms with Crippen LogP contribution in [0.3, 0.4) is 0 Å². The van der Waals surface area contributed by atoms with Crippen LogP contribution in [0, 0.1) is 0 Å². The van der Waals surface area contributed by atoms with E-state index >= 15 is 0 Å². The van der Waals surface area contributed by atoms with Gasteiger partial charge in [0.25, 0.3) is 5.56 Å². The van der Waals surface area contributed by atoms with Crippen LogP contribution in [0.25, 0.3) is 38.9 Å². The highest BCUT2D eigenvalue weighted by Gasteiger charge is 2.32. The quantitative estimate of drug-likeness (QED) is 0.363. The SMILES string of the molecule is Cn1nnc2ccc(-c3c(N)c4ncc(C(F)(F)F)cc4n(-c4ccc(OC(F)F)cc4)c3=O)cc21. The van der Waals surface area contributed by atoms with E-state index in [0.29, 0.717) is 22.8 Å². The Kier molecular flexibility index (Phi) is 5.34. The van der Waals surface area contributed by atoms with Gasteiger partial charge in [-0.3, -0.25) is 14.3 Å². The molecule has 3 heterocycles. The first-order valence-corrected chi connectivity index (χ1v) is 10.3. The van der Waals surface area contributed by atoms with Crippen LogP contribution in [-0.2, 0) is 13.2 Å². The highest BCUT2D eigenvalue weighted by Crippen LogP contribution is 2.35. The number of hydrogen-bond donors (Lipinski definition) is 1. The van der Waals surface area contributed by atoms with Crippen LogP contribution in [0.15, 0.2) is 59.5 Å². The maximum absolute atomic E-state index is 13.8. The van der Waals surface area contributed by atoms with Crippen LogP contribution in [0.4, 0.5) is 27.6 Å². The van der Waals surface area contributed by atoms with Gasteiger partial charge in [0.15, 0.2) is 0 Å². The first kappa shape index (κ1) is 23.2. The molecule has 13 heteroatoms. The Morgan fingerprint density at radius 2 is 1.75 bits per heavy atom. The molecule has 0 saturated heterocycles. The standard InChI is InChI=1S/C23H15F5N6O2/c1-33-16-8-11(2-7-15(16)31-32-33)18-19(29)20-17(9-12(10-30-20)23(26,27)28)34(21(18)35)13-3-5-14(6-4-13)36-22(24)25/h2-10,22H,29H2,1H3. The van der Waals surface area contributed by atoms with Crippen LogP contribution >= 0.6 is 0 Å². The van der Waals surface area contributed by atoms with Gasteiger partial charge in [0.05, 0.1) is 27.8 Å². The number of alkyl halides is 5. The van der Waals surface area contributed by atoms with E-state index in [-0.39, 0.29) is 33.7 Å². The molecule has 2 N–H and O–H groups in total. The highest BCUT2D eigenvalue weighted by atomic mass is 19.4. The predicted octanol–water partition coefficient (Wildman–Crippen LogP) is 4.54. The monoisotopic (exact) mass is 502 g/mol. The summed E-state index contributed by atoms with van der Waals surface area (Å²) in [6.45, 7) is -3.07. The number of nitrogens with two attached hydrogens (primary N) is 1. The Bertz CT molecular complexity index is 1680. The third-order valence-corrected chi connectivity index (χ3v) is 5.60. The van der Waals surface area contributed by atoms with E-state index in [1.165, 1.54) is 28.9 Å². The molecule has 8 nitrogen and oxygen atoms in total. The minimum Gasteiger partial charge on any atom is -0.435 e. The molecule has 184 valence electrons. The lowest BCUT2D eigenvalue weighted by atomic mass is 10.0. The van der Waals surface area contributed by atoms with Crippen molar-refractivity contribution >= 4 is 27.8 Å². The Hall–Kier alpha value is -4.55. The zero-order valence-corrected chi connectivity index (χ0v) is 18.3. The molecule has 0 aliphatic carbocycles. The minimum atomic E-state index is -4.73. The summed E-state index contributed by atoms with van der Waals surface area (Å²) in [6.07, 6.45) is -4.10. The van der Waals surface area contributed by atoms with Crippen molar-refractivity contribution in [3.63, 3.8) is 0 Å². The van der Waals surface area contributed by atoms with Gasteiger partial charge in [-0.25, -0.2) is 4.68 Å². The molecule has 2 aromatic carbocycles. The third kappa shape index (κ3) is 3.87. The fourth-order valence-corrected chi connectivity index (χ4v) is 3.94. The molecule has 3 aromatic heterocycles. The number of fused-ring (bicyclic) bond motifs is 2. The fraction of sp³-hybridized carbons (Fsp3) is 0.130. The van der Waals surface area contributed by atoms with Crippen molar-refractivity contribution in [3.8, 4) is 22.6 Å². The first-order chi connectivity index (χ1) is 17.0. The normalized spacial score (nSPS) is 12.1. The maximum atomic E-state index is 13.8. The van der Waals surface area contributed by atoms with Gasteiger partial charge in [-0.05, 0) is 48.0 Å². The van der Waals surface area contributed by atoms with Crippen molar-refractivity contribution in [1.29, 1.82) is 0 Å².